The van der Waals surface area contributed by atoms with Crippen molar-refractivity contribution in [2.75, 3.05) is 18.0 Å². The molecule has 1 aromatic carbocycles. The predicted molar refractivity (Wildman–Crippen MR) is 139 cm³/mol. The van der Waals surface area contributed by atoms with Crippen LogP contribution in [0.4, 0.5) is 23.2 Å². The molecule has 1 aliphatic heterocycles. The number of pyridine rings is 2. The zero-order valence-electron chi connectivity index (χ0n) is 21.5. The van der Waals surface area contributed by atoms with Crippen LogP contribution in [0.15, 0.2) is 59.8 Å². The highest BCUT2D eigenvalue weighted by molar-refractivity contribution is 5.71. The second kappa shape index (κ2) is 11.3. The Kier molecular flexibility index (Phi) is 8.08. The summed E-state index contributed by atoms with van der Waals surface area (Å²) < 4.78 is 56.4. The van der Waals surface area contributed by atoms with Gasteiger partial charge in [0.1, 0.15) is 17.0 Å². The number of para-hydroxylation sites is 1. The lowest BCUT2D eigenvalue weighted by Crippen LogP contribution is -2.36. The first-order chi connectivity index (χ1) is 18.2. The maximum Gasteiger partial charge on any atom is 0.433 e. The minimum Gasteiger partial charge on any atom is -0.369 e. The van der Waals surface area contributed by atoms with E-state index >= 15 is 0 Å². The monoisotopic (exact) mass is 527 g/mol. The third-order valence-corrected chi connectivity index (χ3v) is 6.67. The molecule has 0 spiro atoms. The van der Waals surface area contributed by atoms with Crippen LogP contribution >= 0.6 is 0 Å². The van der Waals surface area contributed by atoms with E-state index in [1.54, 1.807) is 12.1 Å². The lowest BCUT2D eigenvalue weighted by atomic mass is 9.89. The normalized spacial score (nSPS) is 14.3. The number of hydrogen-bond donors (Lipinski definition) is 0. The molecule has 0 aliphatic carbocycles. The molecule has 4 aromatic rings. The Labute approximate surface area is 218 Å². The molecular formula is C28H29F4N5O. The number of hydrogen-bond acceptors (Lipinski definition) is 5. The van der Waals surface area contributed by atoms with Crippen LogP contribution in [0.5, 0.6) is 0 Å². The average Bonchev–Trinajstić information content (AvgIpc) is 2.91. The van der Waals surface area contributed by atoms with Crippen LogP contribution < -0.4 is 10.5 Å². The summed E-state index contributed by atoms with van der Waals surface area (Å²) in [5, 5.41) is 0. The van der Waals surface area contributed by atoms with E-state index in [0.29, 0.717) is 42.7 Å². The van der Waals surface area contributed by atoms with Gasteiger partial charge in [0.25, 0.3) is 5.56 Å². The van der Waals surface area contributed by atoms with Crippen LogP contribution in [-0.2, 0) is 12.7 Å². The van der Waals surface area contributed by atoms with Crippen molar-refractivity contribution in [1.82, 2.24) is 19.5 Å². The molecule has 1 fully saturated rings. The highest BCUT2D eigenvalue weighted by Crippen LogP contribution is 2.33. The van der Waals surface area contributed by atoms with Gasteiger partial charge in [0.05, 0.1) is 12.2 Å². The highest BCUT2D eigenvalue weighted by Gasteiger charge is 2.35. The van der Waals surface area contributed by atoms with Crippen LogP contribution in [0, 0.1) is 12.7 Å². The van der Waals surface area contributed by atoms with Crippen molar-refractivity contribution in [2.24, 2.45) is 0 Å². The zero-order chi connectivity index (χ0) is 27.4. The highest BCUT2D eigenvalue weighted by atomic mass is 19.4. The van der Waals surface area contributed by atoms with Crippen molar-refractivity contribution in [3.8, 4) is 0 Å². The molecule has 0 bridgehead atoms. The number of aryl methyl sites for hydroxylation is 1. The SMILES string of the molecule is CC.Cc1cccc(F)c1N1CCC(c2cc3nccnc3n(Cc3cccnc3C(F)(F)F)c2=O)CC1. The summed E-state index contributed by atoms with van der Waals surface area (Å²) in [7, 11) is 0. The second-order valence-electron chi connectivity index (χ2n) is 8.93. The molecule has 4 heterocycles. The molecule has 5 rings (SSSR count). The predicted octanol–water partition coefficient (Wildman–Crippen LogP) is 6.11. The molecular weight excluding hydrogens is 498 g/mol. The molecule has 0 atom stereocenters. The second-order valence-corrected chi connectivity index (χ2v) is 8.93. The van der Waals surface area contributed by atoms with E-state index in [2.05, 4.69) is 15.0 Å². The van der Waals surface area contributed by atoms with Crippen LogP contribution in [0.2, 0.25) is 0 Å². The number of aromatic nitrogens is 4. The van der Waals surface area contributed by atoms with Crippen molar-refractivity contribution >= 4 is 16.9 Å². The van der Waals surface area contributed by atoms with E-state index in [1.165, 1.54) is 35.2 Å². The molecule has 200 valence electrons. The van der Waals surface area contributed by atoms with E-state index in [0.717, 1.165) is 11.8 Å². The molecule has 1 saturated heterocycles. The van der Waals surface area contributed by atoms with Crippen LogP contribution in [0.1, 0.15) is 55.0 Å². The van der Waals surface area contributed by atoms with E-state index in [4.69, 9.17) is 0 Å². The fourth-order valence-electron chi connectivity index (χ4n) is 4.98. The van der Waals surface area contributed by atoms with Crippen LogP contribution in [0.25, 0.3) is 11.2 Å². The summed E-state index contributed by atoms with van der Waals surface area (Å²) in [5.74, 6) is -0.428. The fraction of sp³-hybridized carbons (Fsp3) is 0.357. The van der Waals surface area contributed by atoms with Gasteiger partial charge in [-0.2, -0.15) is 13.2 Å². The van der Waals surface area contributed by atoms with E-state index in [1.807, 2.05) is 31.7 Å². The Morgan fingerprint density at radius 1 is 0.974 bits per heavy atom. The van der Waals surface area contributed by atoms with Crippen molar-refractivity contribution < 1.29 is 17.6 Å². The Morgan fingerprint density at radius 2 is 1.68 bits per heavy atom. The summed E-state index contributed by atoms with van der Waals surface area (Å²) in [6.45, 7) is 6.62. The lowest BCUT2D eigenvalue weighted by molar-refractivity contribution is -0.141. The minimum atomic E-state index is -4.66. The third kappa shape index (κ3) is 5.39. The van der Waals surface area contributed by atoms with E-state index < -0.39 is 17.4 Å². The van der Waals surface area contributed by atoms with Gasteiger partial charge in [-0.1, -0.05) is 32.0 Å². The smallest absolute Gasteiger partial charge is 0.369 e. The largest absolute Gasteiger partial charge is 0.433 e. The maximum absolute atomic E-state index is 14.5. The standard InChI is InChI=1S/C26H23F4N5O.C2H6/c1-16-4-2-6-20(27)22(16)34-12-7-17(8-13-34)19-14-21-24(33-11-10-31-21)35(25(19)36)15-18-5-3-9-32-23(18)26(28,29)30;1-2/h2-6,9-11,14,17H,7-8,12-13,15H2,1H3;1-2H3. The summed E-state index contributed by atoms with van der Waals surface area (Å²) in [6, 6.07) is 9.37. The van der Waals surface area contributed by atoms with Gasteiger partial charge in [0, 0.05) is 42.8 Å². The van der Waals surface area contributed by atoms with Gasteiger partial charge in [0.2, 0.25) is 0 Å². The summed E-state index contributed by atoms with van der Waals surface area (Å²) in [4.78, 5) is 27.7. The number of piperidine rings is 1. The van der Waals surface area contributed by atoms with Crippen molar-refractivity contribution in [2.45, 2.75) is 52.3 Å². The summed E-state index contributed by atoms with van der Waals surface area (Å²) >= 11 is 0. The van der Waals surface area contributed by atoms with Gasteiger partial charge >= 0.3 is 6.18 Å². The Hall–Kier alpha value is -3.82. The average molecular weight is 528 g/mol. The number of halogens is 4. The molecule has 0 saturated carbocycles. The first-order valence-electron chi connectivity index (χ1n) is 12.6. The summed E-state index contributed by atoms with van der Waals surface area (Å²) in [5.41, 5.74) is 0.960. The van der Waals surface area contributed by atoms with Gasteiger partial charge in [-0.3, -0.25) is 19.3 Å². The number of nitrogens with zero attached hydrogens (tertiary/aromatic N) is 5. The van der Waals surface area contributed by atoms with Gasteiger partial charge in [-0.05, 0) is 49.4 Å². The Morgan fingerprint density at radius 3 is 2.37 bits per heavy atom. The zero-order valence-corrected chi connectivity index (χ0v) is 21.5. The third-order valence-electron chi connectivity index (χ3n) is 6.67. The summed E-state index contributed by atoms with van der Waals surface area (Å²) in [6.07, 6.45) is 0.493. The molecule has 0 radical (unpaired) electrons. The number of rotatable bonds is 4. The number of fused-ring (bicyclic) bond motifs is 1. The molecule has 3 aromatic heterocycles. The van der Waals surface area contributed by atoms with Gasteiger partial charge < -0.3 is 4.90 Å². The van der Waals surface area contributed by atoms with Gasteiger partial charge in [-0.25, -0.2) is 9.37 Å². The Bertz CT molecular complexity index is 1460. The van der Waals surface area contributed by atoms with Crippen molar-refractivity contribution in [3.63, 3.8) is 0 Å². The Balaban J connectivity index is 0.00000164. The van der Waals surface area contributed by atoms with Crippen LogP contribution in [0.3, 0.4) is 0 Å². The molecule has 0 unspecified atom stereocenters. The van der Waals surface area contributed by atoms with Crippen molar-refractivity contribution in [1.29, 1.82) is 0 Å². The lowest BCUT2D eigenvalue weighted by Gasteiger charge is -2.34. The molecule has 10 heteroatoms. The quantitative estimate of drug-likeness (QED) is 0.300. The first-order valence-corrected chi connectivity index (χ1v) is 12.6. The molecule has 0 N–H and O–H groups in total. The fourth-order valence-corrected chi connectivity index (χ4v) is 4.98. The van der Waals surface area contributed by atoms with Crippen LogP contribution in [-0.4, -0.2) is 32.6 Å². The van der Waals surface area contributed by atoms with Gasteiger partial charge in [0.15, 0.2) is 5.65 Å². The molecule has 1 aliphatic rings. The van der Waals surface area contributed by atoms with Gasteiger partial charge in [-0.15, -0.1) is 0 Å². The minimum absolute atomic E-state index is 0.124. The molecule has 38 heavy (non-hydrogen) atoms. The molecule has 0 amide bonds. The van der Waals surface area contributed by atoms with E-state index in [-0.39, 0.29) is 29.5 Å². The van der Waals surface area contributed by atoms with Crippen molar-refractivity contribution in [3.05, 3.63) is 93.5 Å². The first kappa shape index (κ1) is 27.2. The molecule has 6 nitrogen and oxygen atoms in total. The van der Waals surface area contributed by atoms with E-state index in [9.17, 15) is 22.4 Å². The topological polar surface area (TPSA) is 63.9 Å². The number of alkyl halides is 3. The maximum atomic E-state index is 14.5. The number of anilines is 1. The number of benzene rings is 1.